The summed E-state index contributed by atoms with van der Waals surface area (Å²) in [5.74, 6) is 0.716. The number of pyridine rings is 1. The maximum Gasteiger partial charge on any atom is 0.168 e. The number of hydrogen-bond donors (Lipinski definition) is 0. The fourth-order valence-electron chi connectivity index (χ4n) is 0.787. The molecule has 0 aliphatic carbocycles. The second-order valence-corrected chi connectivity index (χ2v) is 3.82. The Bertz CT molecular complexity index is 321. The van der Waals surface area contributed by atoms with E-state index in [0.29, 0.717) is 5.82 Å². The van der Waals surface area contributed by atoms with Crippen molar-refractivity contribution in [3.05, 3.63) is 22.3 Å². The molecule has 0 aliphatic rings. The zero-order valence-electron chi connectivity index (χ0n) is 7.95. The lowest BCUT2D eigenvalue weighted by Gasteiger charge is -2.03. The van der Waals surface area contributed by atoms with Crippen molar-refractivity contribution in [3.8, 4) is 0 Å². The molecule has 0 saturated heterocycles. The minimum atomic E-state index is 0.716. The summed E-state index contributed by atoms with van der Waals surface area (Å²) in [4.78, 5) is 10.4. The van der Waals surface area contributed by atoms with Crippen molar-refractivity contribution in [3.63, 3.8) is 0 Å². The normalized spacial score (nSPS) is 10.8. The maximum atomic E-state index is 4.27. The minimum absolute atomic E-state index is 0.716. The van der Waals surface area contributed by atoms with Crippen LogP contribution in [0.25, 0.3) is 0 Å². The molecule has 0 aliphatic heterocycles. The summed E-state index contributed by atoms with van der Waals surface area (Å²) in [5.41, 5.74) is 0.967. The highest BCUT2D eigenvalue weighted by atomic mass is 79.9. The Kier molecular flexibility index (Phi) is 3.42. The zero-order valence-corrected chi connectivity index (χ0v) is 9.54. The number of nitrogens with zero attached hydrogens (tertiary/aromatic N) is 3. The molecule has 1 rings (SSSR count). The molecule has 0 fully saturated rings. The van der Waals surface area contributed by atoms with Crippen LogP contribution < -0.4 is 0 Å². The Labute approximate surface area is 86.6 Å². The smallest absolute Gasteiger partial charge is 0.168 e. The van der Waals surface area contributed by atoms with Crippen LogP contribution in [0.3, 0.4) is 0 Å². The summed E-state index contributed by atoms with van der Waals surface area (Å²) >= 11 is 3.39. The Morgan fingerprint density at radius 2 is 2.15 bits per heavy atom. The molecule has 1 aromatic heterocycles. The first-order valence-electron chi connectivity index (χ1n) is 3.93. The fraction of sp³-hybridized carbons (Fsp3) is 0.333. The van der Waals surface area contributed by atoms with Gasteiger partial charge in [0.2, 0.25) is 0 Å². The standard InChI is InChI=1S/C9H12BrN3/c1-7-4-5-8(10)9(12-7)11-6-13(2)3/h4-6H,1-3H3. The van der Waals surface area contributed by atoms with Gasteiger partial charge in [-0.15, -0.1) is 0 Å². The van der Waals surface area contributed by atoms with Crippen LogP contribution >= 0.6 is 15.9 Å². The van der Waals surface area contributed by atoms with Gasteiger partial charge in [0.15, 0.2) is 5.82 Å². The van der Waals surface area contributed by atoms with Crippen molar-refractivity contribution in [2.75, 3.05) is 14.1 Å². The SMILES string of the molecule is Cc1ccc(Br)c(N=CN(C)C)n1. The van der Waals surface area contributed by atoms with Crippen LogP contribution in [0.1, 0.15) is 5.69 Å². The van der Waals surface area contributed by atoms with Gasteiger partial charge in [-0.05, 0) is 35.0 Å². The van der Waals surface area contributed by atoms with Gasteiger partial charge in [0.25, 0.3) is 0 Å². The van der Waals surface area contributed by atoms with Gasteiger partial charge in [-0.2, -0.15) is 0 Å². The molecular formula is C9H12BrN3. The molecule has 0 spiro atoms. The van der Waals surface area contributed by atoms with Crippen LogP contribution in [0.15, 0.2) is 21.6 Å². The van der Waals surface area contributed by atoms with Crippen molar-refractivity contribution >= 4 is 28.1 Å². The highest BCUT2D eigenvalue weighted by molar-refractivity contribution is 9.10. The Balaban J connectivity index is 2.93. The van der Waals surface area contributed by atoms with Crippen LogP contribution in [0, 0.1) is 6.92 Å². The predicted molar refractivity (Wildman–Crippen MR) is 58.5 cm³/mol. The van der Waals surface area contributed by atoms with Gasteiger partial charge in [0.1, 0.15) is 0 Å². The molecule has 3 nitrogen and oxygen atoms in total. The van der Waals surface area contributed by atoms with Crippen LogP contribution in [0.4, 0.5) is 5.82 Å². The van der Waals surface area contributed by atoms with E-state index in [1.54, 1.807) is 6.34 Å². The summed E-state index contributed by atoms with van der Waals surface area (Å²) in [6.45, 7) is 1.95. The number of hydrogen-bond acceptors (Lipinski definition) is 2. The van der Waals surface area contributed by atoms with Gasteiger partial charge < -0.3 is 4.90 Å². The zero-order chi connectivity index (χ0) is 9.84. The van der Waals surface area contributed by atoms with Gasteiger partial charge in [0, 0.05) is 19.8 Å². The quantitative estimate of drug-likeness (QED) is 0.588. The number of halogens is 1. The van der Waals surface area contributed by atoms with Gasteiger partial charge >= 0.3 is 0 Å². The van der Waals surface area contributed by atoms with Gasteiger partial charge in [-0.3, -0.25) is 0 Å². The van der Waals surface area contributed by atoms with E-state index < -0.39 is 0 Å². The first-order valence-corrected chi connectivity index (χ1v) is 4.72. The van der Waals surface area contributed by atoms with Crippen molar-refractivity contribution in [2.24, 2.45) is 4.99 Å². The first kappa shape index (κ1) is 10.2. The number of aliphatic imine (C=N–C) groups is 1. The second-order valence-electron chi connectivity index (χ2n) is 2.97. The molecule has 0 atom stereocenters. The highest BCUT2D eigenvalue weighted by Crippen LogP contribution is 2.22. The first-order chi connectivity index (χ1) is 6.09. The lowest BCUT2D eigenvalue weighted by molar-refractivity contribution is 0.643. The molecule has 0 amide bonds. The topological polar surface area (TPSA) is 28.5 Å². The molecule has 0 bridgehead atoms. The number of aromatic nitrogens is 1. The lowest BCUT2D eigenvalue weighted by Crippen LogP contribution is -2.07. The van der Waals surface area contributed by atoms with Crippen LogP contribution in [0.2, 0.25) is 0 Å². The van der Waals surface area contributed by atoms with E-state index in [2.05, 4.69) is 25.9 Å². The van der Waals surface area contributed by atoms with E-state index in [4.69, 9.17) is 0 Å². The monoisotopic (exact) mass is 241 g/mol. The van der Waals surface area contributed by atoms with E-state index in [9.17, 15) is 0 Å². The average Bonchev–Trinajstić information content (AvgIpc) is 2.06. The van der Waals surface area contributed by atoms with Crippen LogP contribution in [0.5, 0.6) is 0 Å². The Hall–Kier alpha value is -0.900. The average molecular weight is 242 g/mol. The maximum absolute atomic E-state index is 4.27. The molecule has 70 valence electrons. The predicted octanol–water partition coefficient (Wildman–Crippen LogP) is 2.37. The van der Waals surface area contributed by atoms with Crippen molar-refractivity contribution < 1.29 is 0 Å². The molecule has 1 aromatic rings. The molecule has 0 N–H and O–H groups in total. The number of rotatable bonds is 2. The van der Waals surface area contributed by atoms with Gasteiger partial charge in [-0.25, -0.2) is 9.98 Å². The third-order valence-corrected chi connectivity index (χ3v) is 2.00. The van der Waals surface area contributed by atoms with Crippen molar-refractivity contribution in [1.29, 1.82) is 0 Å². The minimum Gasteiger partial charge on any atom is -0.369 e. The largest absolute Gasteiger partial charge is 0.369 e. The third-order valence-electron chi connectivity index (χ3n) is 1.38. The van der Waals surface area contributed by atoms with Crippen LogP contribution in [-0.4, -0.2) is 30.3 Å². The van der Waals surface area contributed by atoms with Crippen LogP contribution in [-0.2, 0) is 0 Å². The van der Waals surface area contributed by atoms with Crippen molar-refractivity contribution in [2.45, 2.75) is 6.92 Å². The molecular weight excluding hydrogens is 230 g/mol. The Morgan fingerprint density at radius 1 is 1.46 bits per heavy atom. The Morgan fingerprint density at radius 3 is 2.77 bits per heavy atom. The van der Waals surface area contributed by atoms with E-state index in [1.807, 2.05) is 38.1 Å². The summed E-state index contributed by atoms with van der Waals surface area (Å²) < 4.78 is 0.913. The molecule has 4 heteroatoms. The van der Waals surface area contributed by atoms with E-state index >= 15 is 0 Å². The summed E-state index contributed by atoms with van der Waals surface area (Å²) in [5, 5.41) is 0. The van der Waals surface area contributed by atoms with E-state index in [1.165, 1.54) is 0 Å². The summed E-state index contributed by atoms with van der Waals surface area (Å²) in [6.07, 6.45) is 1.73. The third kappa shape index (κ3) is 3.14. The molecule has 0 radical (unpaired) electrons. The summed E-state index contributed by atoms with van der Waals surface area (Å²) in [6, 6.07) is 3.89. The molecule has 0 unspecified atom stereocenters. The highest BCUT2D eigenvalue weighted by Gasteiger charge is 1.98. The second kappa shape index (κ2) is 4.37. The van der Waals surface area contributed by atoms with E-state index in [0.717, 1.165) is 10.2 Å². The molecule has 1 heterocycles. The van der Waals surface area contributed by atoms with Gasteiger partial charge in [-0.1, -0.05) is 0 Å². The fourth-order valence-corrected chi connectivity index (χ4v) is 1.11. The lowest BCUT2D eigenvalue weighted by atomic mass is 10.4. The molecule has 0 saturated carbocycles. The summed E-state index contributed by atoms with van der Waals surface area (Å²) in [7, 11) is 3.85. The number of aryl methyl sites for hydroxylation is 1. The van der Waals surface area contributed by atoms with Crippen molar-refractivity contribution in [1.82, 2.24) is 9.88 Å². The molecule has 0 aromatic carbocycles. The van der Waals surface area contributed by atoms with E-state index in [-0.39, 0.29) is 0 Å². The molecule has 13 heavy (non-hydrogen) atoms. The van der Waals surface area contributed by atoms with Gasteiger partial charge in [0.05, 0.1) is 10.8 Å².